The molecule has 0 bridgehead atoms. The molecule has 1 unspecified atom stereocenters. The van der Waals surface area contributed by atoms with Crippen LogP contribution in [0.5, 0.6) is 5.75 Å². The molecular formula is C14H24N2O3S. The van der Waals surface area contributed by atoms with Crippen LogP contribution in [0.1, 0.15) is 32.4 Å². The molecule has 0 saturated heterocycles. The van der Waals surface area contributed by atoms with Gasteiger partial charge in [0, 0.05) is 12.6 Å². The van der Waals surface area contributed by atoms with Crippen LogP contribution in [-0.4, -0.2) is 33.9 Å². The van der Waals surface area contributed by atoms with E-state index in [1.807, 2.05) is 45.0 Å². The second-order valence-electron chi connectivity index (χ2n) is 4.93. The van der Waals surface area contributed by atoms with Crippen molar-refractivity contribution in [1.82, 2.24) is 10.0 Å². The van der Waals surface area contributed by atoms with Gasteiger partial charge in [0.25, 0.3) is 0 Å². The van der Waals surface area contributed by atoms with Gasteiger partial charge in [0.2, 0.25) is 10.0 Å². The van der Waals surface area contributed by atoms with E-state index in [0.717, 1.165) is 11.3 Å². The average molecular weight is 300 g/mol. The Morgan fingerprint density at radius 1 is 1.15 bits per heavy atom. The summed E-state index contributed by atoms with van der Waals surface area (Å²) in [5, 5.41) is 3.19. The molecule has 0 amide bonds. The first kappa shape index (κ1) is 16.9. The third-order valence-electron chi connectivity index (χ3n) is 2.88. The molecule has 114 valence electrons. The quantitative estimate of drug-likeness (QED) is 0.766. The zero-order valence-electron chi connectivity index (χ0n) is 12.5. The standard InChI is InChI=1S/C14H24N2O3S/c1-11(2)19-14-7-5-13(6-8-14)12(3)16-9-10-20(17,18)15-4/h5-8,11-12,15-16H,9-10H2,1-4H3. The highest BCUT2D eigenvalue weighted by atomic mass is 32.2. The highest BCUT2D eigenvalue weighted by Gasteiger charge is 2.09. The smallest absolute Gasteiger partial charge is 0.212 e. The molecule has 1 atom stereocenters. The van der Waals surface area contributed by atoms with E-state index in [1.54, 1.807) is 0 Å². The molecule has 1 aromatic carbocycles. The van der Waals surface area contributed by atoms with E-state index in [1.165, 1.54) is 7.05 Å². The summed E-state index contributed by atoms with van der Waals surface area (Å²) in [6, 6.07) is 7.93. The summed E-state index contributed by atoms with van der Waals surface area (Å²) in [7, 11) is -1.73. The summed E-state index contributed by atoms with van der Waals surface area (Å²) < 4.78 is 30.5. The van der Waals surface area contributed by atoms with E-state index in [2.05, 4.69) is 10.0 Å². The minimum atomic E-state index is -3.15. The third-order valence-corrected chi connectivity index (χ3v) is 4.25. The molecule has 0 aliphatic rings. The molecule has 1 aromatic rings. The molecule has 0 aromatic heterocycles. The lowest BCUT2D eigenvalue weighted by molar-refractivity contribution is 0.242. The number of ether oxygens (including phenoxy) is 1. The van der Waals surface area contributed by atoms with E-state index >= 15 is 0 Å². The van der Waals surface area contributed by atoms with E-state index in [9.17, 15) is 8.42 Å². The van der Waals surface area contributed by atoms with Crippen molar-refractivity contribution >= 4 is 10.0 Å². The van der Waals surface area contributed by atoms with E-state index < -0.39 is 10.0 Å². The Morgan fingerprint density at radius 3 is 2.25 bits per heavy atom. The van der Waals surface area contributed by atoms with E-state index in [-0.39, 0.29) is 17.9 Å². The SMILES string of the molecule is CNS(=O)(=O)CCNC(C)c1ccc(OC(C)C)cc1. The van der Waals surface area contributed by atoms with Gasteiger partial charge in [-0.1, -0.05) is 12.1 Å². The number of benzene rings is 1. The Labute approximate surface area is 121 Å². The maximum Gasteiger partial charge on any atom is 0.212 e. The maximum absolute atomic E-state index is 11.3. The molecule has 2 N–H and O–H groups in total. The number of sulfonamides is 1. The topological polar surface area (TPSA) is 67.4 Å². The Kier molecular flexibility index (Phi) is 6.45. The molecule has 0 radical (unpaired) electrons. The van der Waals surface area contributed by atoms with Crippen molar-refractivity contribution in [1.29, 1.82) is 0 Å². The van der Waals surface area contributed by atoms with Crippen molar-refractivity contribution in [3.8, 4) is 5.75 Å². The summed E-state index contributed by atoms with van der Waals surface area (Å²) in [5.41, 5.74) is 1.10. The van der Waals surface area contributed by atoms with Crippen LogP contribution in [0.4, 0.5) is 0 Å². The zero-order chi connectivity index (χ0) is 15.2. The second kappa shape index (κ2) is 7.61. The lowest BCUT2D eigenvalue weighted by Gasteiger charge is -2.15. The number of rotatable bonds is 8. The lowest BCUT2D eigenvalue weighted by Crippen LogP contribution is -2.30. The van der Waals surface area contributed by atoms with Gasteiger partial charge in [-0.3, -0.25) is 0 Å². The first-order valence-electron chi connectivity index (χ1n) is 6.75. The van der Waals surface area contributed by atoms with E-state index in [0.29, 0.717) is 6.54 Å². The maximum atomic E-state index is 11.3. The largest absolute Gasteiger partial charge is 0.491 e. The highest BCUT2D eigenvalue weighted by molar-refractivity contribution is 7.89. The Balaban J connectivity index is 2.49. The first-order valence-corrected chi connectivity index (χ1v) is 8.40. The fraction of sp³-hybridized carbons (Fsp3) is 0.571. The monoisotopic (exact) mass is 300 g/mol. The van der Waals surface area contributed by atoms with Crippen molar-refractivity contribution in [3.05, 3.63) is 29.8 Å². The van der Waals surface area contributed by atoms with Gasteiger partial charge in [0.05, 0.1) is 11.9 Å². The van der Waals surface area contributed by atoms with Crippen molar-refractivity contribution in [2.24, 2.45) is 0 Å². The van der Waals surface area contributed by atoms with Gasteiger partial charge in [-0.2, -0.15) is 0 Å². The molecule has 1 rings (SSSR count). The lowest BCUT2D eigenvalue weighted by atomic mass is 10.1. The Bertz CT molecular complexity index is 498. The minimum Gasteiger partial charge on any atom is -0.491 e. The molecule has 0 aliphatic carbocycles. The van der Waals surface area contributed by atoms with Gasteiger partial charge in [-0.05, 0) is 45.5 Å². The summed E-state index contributed by atoms with van der Waals surface area (Å²) in [6.45, 7) is 6.39. The van der Waals surface area contributed by atoms with Crippen LogP contribution < -0.4 is 14.8 Å². The molecule has 5 nitrogen and oxygen atoms in total. The van der Waals surface area contributed by atoms with Crippen LogP contribution >= 0.6 is 0 Å². The molecule has 0 aliphatic heterocycles. The molecular weight excluding hydrogens is 276 g/mol. The van der Waals surface area contributed by atoms with Crippen LogP contribution in [0.3, 0.4) is 0 Å². The third kappa shape index (κ3) is 5.90. The van der Waals surface area contributed by atoms with Gasteiger partial charge < -0.3 is 10.1 Å². The first-order chi connectivity index (χ1) is 9.34. The van der Waals surface area contributed by atoms with Crippen LogP contribution in [0.2, 0.25) is 0 Å². The Hall–Kier alpha value is -1.11. The van der Waals surface area contributed by atoms with Crippen LogP contribution in [-0.2, 0) is 10.0 Å². The van der Waals surface area contributed by atoms with Gasteiger partial charge >= 0.3 is 0 Å². The molecule has 20 heavy (non-hydrogen) atoms. The summed E-state index contributed by atoms with van der Waals surface area (Å²) in [6.07, 6.45) is 0.156. The molecule has 0 spiro atoms. The van der Waals surface area contributed by atoms with Crippen molar-refractivity contribution in [3.63, 3.8) is 0 Å². The van der Waals surface area contributed by atoms with Crippen LogP contribution in [0.25, 0.3) is 0 Å². The highest BCUT2D eigenvalue weighted by Crippen LogP contribution is 2.18. The van der Waals surface area contributed by atoms with Gasteiger partial charge in [-0.25, -0.2) is 13.1 Å². The molecule has 0 fully saturated rings. The fourth-order valence-corrected chi connectivity index (χ4v) is 2.33. The van der Waals surface area contributed by atoms with Crippen molar-refractivity contribution in [2.75, 3.05) is 19.3 Å². The zero-order valence-corrected chi connectivity index (χ0v) is 13.3. The summed E-state index contributed by atoms with van der Waals surface area (Å²) in [5.74, 6) is 0.913. The fourth-order valence-electron chi connectivity index (χ4n) is 1.74. The Morgan fingerprint density at radius 2 is 1.75 bits per heavy atom. The average Bonchev–Trinajstić information content (AvgIpc) is 2.38. The molecule has 6 heteroatoms. The summed E-state index contributed by atoms with van der Waals surface area (Å²) in [4.78, 5) is 0. The number of hydrogen-bond donors (Lipinski definition) is 2. The van der Waals surface area contributed by atoms with Crippen molar-refractivity contribution in [2.45, 2.75) is 32.9 Å². The number of hydrogen-bond acceptors (Lipinski definition) is 4. The second-order valence-corrected chi connectivity index (χ2v) is 6.98. The summed E-state index contributed by atoms with van der Waals surface area (Å²) >= 11 is 0. The number of nitrogens with one attached hydrogen (secondary N) is 2. The van der Waals surface area contributed by atoms with Crippen molar-refractivity contribution < 1.29 is 13.2 Å². The molecule has 0 heterocycles. The van der Waals surface area contributed by atoms with Gasteiger partial charge in [0.1, 0.15) is 5.75 Å². The predicted octanol–water partition coefficient (Wildman–Crippen LogP) is 1.67. The van der Waals surface area contributed by atoms with Crippen LogP contribution in [0, 0.1) is 0 Å². The predicted molar refractivity (Wildman–Crippen MR) is 81.5 cm³/mol. The van der Waals surface area contributed by atoms with E-state index in [4.69, 9.17) is 4.74 Å². The van der Waals surface area contributed by atoms with Crippen LogP contribution in [0.15, 0.2) is 24.3 Å². The van der Waals surface area contributed by atoms with Gasteiger partial charge in [-0.15, -0.1) is 0 Å². The minimum absolute atomic E-state index is 0.0718. The molecule has 0 saturated carbocycles. The van der Waals surface area contributed by atoms with Gasteiger partial charge in [0.15, 0.2) is 0 Å². The normalized spacial score (nSPS) is 13.4.